The summed E-state index contributed by atoms with van der Waals surface area (Å²) in [6.07, 6.45) is 14.0. The first kappa shape index (κ1) is 15.8. The maximum absolute atomic E-state index is 9.63. The van der Waals surface area contributed by atoms with Crippen molar-refractivity contribution in [3.63, 3.8) is 0 Å². The molecule has 0 saturated heterocycles. The number of fused-ring (bicyclic) bond motifs is 1. The summed E-state index contributed by atoms with van der Waals surface area (Å²) in [5.74, 6) is 1.42. The lowest BCUT2D eigenvalue weighted by molar-refractivity contribution is 0.126. The summed E-state index contributed by atoms with van der Waals surface area (Å²) in [4.78, 5) is 9.17. The molecule has 2 heterocycles. The quantitative estimate of drug-likeness (QED) is 0.901. The van der Waals surface area contributed by atoms with Crippen LogP contribution in [-0.4, -0.2) is 37.0 Å². The summed E-state index contributed by atoms with van der Waals surface area (Å²) in [5, 5.41) is 18.6. The van der Waals surface area contributed by atoms with Crippen LogP contribution in [0.2, 0.25) is 0 Å². The van der Waals surface area contributed by atoms with Crippen LogP contribution in [0.4, 0.5) is 5.95 Å². The average molecular weight is 329 g/mol. The molecule has 2 saturated carbocycles. The van der Waals surface area contributed by atoms with Gasteiger partial charge in [-0.15, -0.1) is 0 Å². The van der Waals surface area contributed by atoms with Gasteiger partial charge in [-0.3, -0.25) is 0 Å². The van der Waals surface area contributed by atoms with Crippen LogP contribution in [0.15, 0.2) is 12.4 Å². The van der Waals surface area contributed by atoms with Gasteiger partial charge >= 0.3 is 0 Å². The molecule has 0 amide bonds. The van der Waals surface area contributed by atoms with Crippen LogP contribution in [0.3, 0.4) is 0 Å². The van der Waals surface area contributed by atoms with Gasteiger partial charge < -0.3 is 10.4 Å². The number of rotatable bonds is 4. The Hall–Kier alpha value is -1.69. The lowest BCUT2D eigenvalue weighted by Gasteiger charge is -2.26. The molecule has 2 fully saturated rings. The van der Waals surface area contributed by atoms with Crippen LogP contribution >= 0.6 is 0 Å². The van der Waals surface area contributed by atoms with E-state index in [0.717, 1.165) is 49.2 Å². The molecule has 4 rings (SSSR count). The number of nitrogens with zero attached hydrogens (tertiary/aromatic N) is 4. The van der Waals surface area contributed by atoms with Gasteiger partial charge in [0.2, 0.25) is 5.95 Å². The molecule has 0 radical (unpaired) electrons. The van der Waals surface area contributed by atoms with E-state index in [1.54, 1.807) is 0 Å². The van der Waals surface area contributed by atoms with E-state index in [1.807, 2.05) is 12.4 Å². The summed E-state index contributed by atoms with van der Waals surface area (Å²) < 4.78 is 2.06. The van der Waals surface area contributed by atoms with E-state index >= 15 is 0 Å². The summed E-state index contributed by atoms with van der Waals surface area (Å²) in [6.45, 7) is 0.968. The van der Waals surface area contributed by atoms with Gasteiger partial charge in [-0.05, 0) is 44.4 Å². The van der Waals surface area contributed by atoms with Crippen LogP contribution in [0, 0.1) is 5.92 Å². The number of aliphatic hydroxyl groups excluding tert-OH is 1. The minimum atomic E-state index is -0.136. The molecule has 0 spiro atoms. The number of hydrogen-bond acceptors (Lipinski definition) is 5. The van der Waals surface area contributed by atoms with Gasteiger partial charge in [0, 0.05) is 18.8 Å². The normalized spacial score (nSPS) is 25.9. The van der Waals surface area contributed by atoms with Gasteiger partial charge in [0.05, 0.1) is 17.7 Å². The smallest absolute Gasteiger partial charge is 0.224 e. The zero-order valence-corrected chi connectivity index (χ0v) is 14.2. The molecule has 0 bridgehead atoms. The second kappa shape index (κ2) is 7.05. The molecule has 2 aliphatic carbocycles. The van der Waals surface area contributed by atoms with Gasteiger partial charge in [-0.25, -0.2) is 9.67 Å². The average Bonchev–Trinajstić information content (AvgIpc) is 3.00. The Balaban J connectivity index is 1.48. The van der Waals surface area contributed by atoms with Crippen LogP contribution in [0.25, 0.3) is 11.0 Å². The highest BCUT2D eigenvalue weighted by atomic mass is 16.3. The Morgan fingerprint density at radius 1 is 1.04 bits per heavy atom. The highest BCUT2D eigenvalue weighted by molar-refractivity contribution is 5.74. The molecular weight excluding hydrogens is 302 g/mol. The zero-order chi connectivity index (χ0) is 16.4. The van der Waals surface area contributed by atoms with E-state index in [1.165, 1.54) is 32.1 Å². The predicted molar refractivity (Wildman–Crippen MR) is 93.8 cm³/mol. The fourth-order valence-electron chi connectivity index (χ4n) is 4.09. The Bertz CT molecular complexity index is 671. The van der Waals surface area contributed by atoms with Gasteiger partial charge in [0.15, 0.2) is 5.65 Å². The first-order valence-corrected chi connectivity index (χ1v) is 9.41. The van der Waals surface area contributed by atoms with Crippen LogP contribution in [-0.2, 0) is 6.54 Å². The molecule has 2 aromatic rings. The van der Waals surface area contributed by atoms with Crippen molar-refractivity contribution in [1.29, 1.82) is 0 Å². The Labute approximate surface area is 142 Å². The molecule has 0 aromatic carbocycles. The fraction of sp³-hybridized carbons (Fsp3) is 0.722. The summed E-state index contributed by atoms with van der Waals surface area (Å²) in [6, 6.07) is 0.362. The monoisotopic (exact) mass is 329 g/mol. The second-order valence-corrected chi connectivity index (χ2v) is 7.45. The van der Waals surface area contributed by atoms with E-state index in [2.05, 4.69) is 20.1 Å². The summed E-state index contributed by atoms with van der Waals surface area (Å²) >= 11 is 0. The van der Waals surface area contributed by atoms with Gasteiger partial charge in [0.25, 0.3) is 0 Å². The third-order valence-corrected chi connectivity index (χ3v) is 5.56. The largest absolute Gasteiger partial charge is 0.393 e. The second-order valence-electron chi connectivity index (χ2n) is 7.45. The number of aliphatic hydroxyl groups is 1. The first-order chi connectivity index (χ1) is 11.8. The molecule has 130 valence electrons. The number of anilines is 1. The minimum absolute atomic E-state index is 0.136. The predicted octanol–water partition coefficient (Wildman–Crippen LogP) is 3.12. The van der Waals surface area contributed by atoms with Crippen molar-refractivity contribution >= 4 is 17.0 Å². The molecule has 6 nitrogen and oxygen atoms in total. The van der Waals surface area contributed by atoms with Gasteiger partial charge in [-0.1, -0.05) is 19.3 Å². The van der Waals surface area contributed by atoms with Crippen molar-refractivity contribution in [3.05, 3.63) is 12.4 Å². The van der Waals surface area contributed by atoms with Gasteiger partial charge in [-0.2, -0.15) is 10.1 Å². The van der Waals surface area contributed by atoms with E-state index in [9.17, 15) is 5.11 Å². The van der Waals surface area contributed by atoms with Crippen molar-refractivity contribution in [2.24, 2.45) is 5.92 Å². The molecule has 0 unspecified atom stereocenters. The van der Waals surface area contributed by atoms with Gasteiger partial charge in [0.1, 0.15) is 0 Å². The summed E-state index contributed by atoms with van der Waals surface area (Å²) in [7, 11) is 0. The third-order valence-electron chi connectivity index (χ3n) is 5.56. The van der Waals surface area contributed by atoms with Crippen molar-refractivity contribution in [2.75, 3.05) is 5.32 Å². The van der Waals surface area contributed by atoms with Crippen molar-refractivity contribution in [1.82, 2.24) is 19.7 Å². The van der Waals surface area contributed by atoms with E-state index in [0.29, 0.717) is 12.0 Å². The maximum Gasteiger partial charge on any atom is 0.224 e. The topological polar surface area (TPSA) is 75.9 Å². The molecular formula is C18H27N5O. The number of aromatic nitrogens is 4. The van der Waals surface area contributed by atoms with E-state index in [-0.39, 0.29) is 6.10 Å². The standard InChI is InChI=1S/C18H27N5O/c24-16-8-6-15(7-9-16)21-18-19-10-14-11-20-23(17(14)22-18)12-13-4-2-1-3-5-13/h10-11,13,15-16,24H,1-9,12H2,(H,19,21,22). The van der Waals surface area contributed by atoms with Crippen molar-refractivity contribution in [2.45, 2.75) is 76.5 Å². The lowest BCUT2D eigenvalue weighted by atomic mass is 9.89. The lowest BCUT2D eigenvalue weighted by Crippen LogP contribution is -2.29. The third kappa shape index (κ3) is 3.53. The SMILES string of the molecule is OC1CCC(Nc2ncc3cnn(CC4CCCCC4)c3n2)CC1. The molecule has 2 N–H and O–H groups in total. The summed E-state index contributed by atoms with van der Waals surface area (Å²) in [5.41, 5.74) is 0.939. The first-order valence-electron chi connectivity index (χ1n) is 9.41. The number of hydrogen-bond donors (Lipinski definition) is 2. The molecule has 2 aliphatic rings. The molecule has 6 heteroatoms. The van der Waals surface area contributed by atoms with E-state index in [4.69, 9.17) is 4.98 Å². The highest BCUT2D eigenvalue weighted by Crippen LogP contribution is 2.26. The number of nitrogens with one attached hydrogen (secondary N) is 1. The van der Waals surface area contributed by atoms with Crippen molar-refractivity contribution in [3.8, 4) is 0 Å². The molecule has 0 atom stereocenters. The minimum Gasteiger partial charge on any atom is -0.393 e. The van der Waals surface area contributed by atoms with Crippen LogP contribution < -0.4 is 5.32 Å². The van der Waals surface area contributed by atoms with E-state index < -0.39 is 0 Å². The molecule has 0 aliphatic heterocycles. The Morgan fingerprint density at radius 3 is 2.62 bits per heavy atom. The van der Waals surface area contributed by atoms with Crippen LogP contribution in [0.5, 0.6) is 0 Å². The zero-order valence-electron chi connectivity index (χ0n) is 14.2. The van der Waals surface area contributed by atoms with Crippen LogP contribution in [0.1, 0.15) is 57.8 Å². The Kier molecular flexibility index (Phi) is 4.65. The maximum atomic E-state index is 9.63. The fourth-order valence-corrected chi connectivity index (χ4v) is 4.09. The van der Waals surface area contributed by atoms with Crippen molar-refractivity contribution < 1.29 is 5.11 Å². The molecule has 24 heavy (non-hydrogen) atoms. The molecule has 2 aromatic heterocycles. The highest BCUT2D eigenvalue weighted by Gasteiger charge is 2.20. The Morgan fingerprint density at radius 2 is 1.83 bits per heavy atom.